The van der Waals surface area contributed by atoms with Crippen LogP contribution in [-0.4, -0.2) is 80.6 Å². The molecule has 1 aromatic rings. The molecule has 1 aromatic carbocycles. The van der Waals surface area contributed by atoms with Crippen LogP contribution in [-0.2, 0) is 16.1 Å². The Bertz CT molecular complexity index is 644. The zero-order chi connectivity index (χ0) is 18.9. The largest absolute Gasteiger partial charge is 0.381 e. The van der Waals surface area contributed by atoms with Crippen LogP contribution in [0.3, 0.4) is 0 Å². The minimum Gasteiger partial charge on any atom is -0.381 e. The lowest BCUT2D eigenvalue weighted by molar-refractivity contribution is -0.138. The molecule has 3 heterocycles. The topological polar surface area (TPSA) is 36.0 Å². The van der Waals surface area contributed by atoms with Crippen molar-refractivity contribution in [2.24, 2.45) is 17.3 Å². The number of amides is 1. The molecule has 0 spiro atoms. The van der Waals surface area contributed by atoms with E-state index in [9.17, 15) is 4.79 Å². The van der Waals surface area contributed by atoms with Gasteiger partial charge in [-0.05, 0) is 38.4 Å². The van der Waals surface area contributed by atoms with Gasteiger partial charge in [-0.15, -0.1) is 0 Å². The Morgan fingerprint density at radius 3 is 2.59 bits per heavy atom. The Hall–Kier alpha value is -1.43. The van der Waals surface area contributed by atoms with Crippen LogP contribution in [0.25, 0.3) is 0 Å². The number of benzene rings is 1. The standard InChI is InChI=1S/C22H33N3O2/c1-23(2)15-22-16-24(12-18-6-4-3-5-7-18)13-20(22)14-25(17-22)21(26)19-8-10-27-11-9-19/h3-7,19-20H,8-17H2,1-2H3/t20-,22+/m1/s1. The summed E-state index contributed by atoms with van der Waals surface area (Å²) in [5, 5.41) is 0. The zero-order valence-electron chi connectivity index (χ0n) is 16.8. The van der Waals surface area contributed by atoms with E-state index in [-0.39, 0.29) is 11.3 Å². The maximum atomic E-state index is 13.1. The van der Waals surface area contributed by atoms with Crippen molar-refractivity contribution in [2.45, 2.75) is 19.4 Å². The number of hydrogen-bond acceptors (Lipinski definition) is 4. The van der Waals surface area contributed by atoms with Gasteiger partial charge >= 0.3 is 0 Å². The Morgan fingerprint density at radius 1 is 1.15 bits per heavy atom. The SMILES string of the molecule is CN(C)C[C@@]12CN(Cc3ccccc3)C[C@@H]1CN(C(=O)C1CCOCC1)C2. The van der Waals surface area contributed by atoms with Gasteiger partial charge in [-0.2, -0.15) is 0 Å². The van der Waals surface area contributed by atoms with E-state index in [4.69, 9.17) is 4.74 Å². The Balaban J connectivity index is 1.44. The summed E-state index contributed by atoms with van der Waals surface area (Å²) < 4.78 is 5.45. The van der Waals surface area contributed by atoms with Gasteiger partial charge in [-0.1, -0.05) is 30.3 Å². The molecule has 5 nitrogen and oxygen atoms in total. The molecule has 0 aliphatic carbocycles. The molecule has 0 saturated carbocycles. The van der Waals surface area contributed by atoms with Gasteiger partial charge in [0, 0.05) is 63.8 Å². The van der Waals surface area contributed by atoms with Gasteiger partial charge in [0.05, 0.1) is 0 Å². The van der Waals surface area contributed by atoms with E-state index in [1.807, 2.05) is 0 Å². The van der Waals surface area contributed by atoms with Crippen molar-refractivity contribution in [3.63, 3.8) is 0 Å². The predicted molar refractivity (Wildman–Crippen MR) is 106 cm³/mol. The Morgan fingerprint density at radius 2 is 1.89 bits per heavy atom. The van der Waals surface area contributed by atoms with E-state index in [0.717, 1.165) is 65.3 Å². The van der Waals surface area contributed by atoms with Crippen molar-refractivity contribution < 1.29 is 9.53 Å². The third-order valence-electron chi connectivity index (χ3n) is 6.59. The maximum Gasteiger partial charge on any atom is 0.225 e. The fraction of sp³-hybridized carbons (Fsp3) is 0.682. The molecule has 3 aliphatic heterocycles. The first-order valence-corrected chi connectivity index (χ1v) is 10.3. The highest BCUT2D eigenvalue weighted by Crippen LogP contribution is 2.44. The average molecular weight is 372 g/mol. The third kappa shape index (κ3) is 4.05. The van der Waals surface area contributed by atoms with Crippen LogP contribution in [0, 0.1) is 17.3 Å². The van der Waals surface area contributed by atoms with Gasteiger partial charge in [0.15, 0.2) is 0 Å². The van der Waals surface area contributed by atoms with Crippen LogP contribution in [0.2, 0.25) is 0 Å². The number of rotatable bonds is 5. The highest BCUT2D eigenvalue weighted by atomic mass is 16.5. The van der Waals surface area contributed by atoms with Crippen LogP contribution in [0.1, 0.15) is 18.4 Å². The monoisotopic (exact) mass is 371 g/mol. The smallest absolute Gasteiger partial charge is 0.225 e. The summed E-state index contributed by atoms with van der Waals surface area (Å²) >= 11 is 0. The second kappa shape index (κ2) is 7.90. The molecule has 148 valence electrons. The van der Waals surface area contributed by atoms with Gasteiger partial charge in [0.1, 0.15) is 0 Å². The first kappa shape index (κ1) is 18.9. The number of ether oxygens (including phenoxy) is 1. The molecular weight excluding hydrogens is 338 g/mol. The summed E-state index contributed by atoms with van der Waals surface area (Å²) in [5.74, 6) is 1.13. The lowest BCUT2D eigenvalue weighted by atomic mass is 9.80. The molecule has 3 saturated heterocycles. The Labute approximate surface area is 163 Å². The summed E-state index contributed by atoms with van der Waals surface area (Å²) in [6, 6.07) is 10.8. The average Bonchev–Trinajstić information content (AvgIpc) is 3.15. The zero-order valence-corrected chi connectivity index (χ0v) is 16.8. The molecule has 5 heteroatoms. The lowest BCUT2D eigenvalue weighted by Gasteiger charge is -2.33. The fourth-order valence-corrected chi connectivity index (χ4v) is 5.48. The normalized spacial score (nSPS) is 29.4. The molecule has 0 radical (unpaired) electrons. The van der Waals surface area contributed by atoms with Crippen LogP contribution >= 0.6 is 0 Å². The predicted octanol–water partition coefficient (Wildman–Crippen LogP) is 1.94. The quantitative estimate of drug-likeness (QED) is 0.793. The first-order valence-electron chi connectivity index (χ1n) is 10.3. The highest BCUT2D eigenvalue weighted by molar-refractivity contribution is 5.79. The van der Waals surface area contributed by atoms with E-state index in [1.165, 1.54) is 5.56 Å². The maximum absolute atomic E-state index is 13.1. The molecule has 0 aromatic heterocycles. The highest BCUT2D eigenvalue weighted by Gasteiger charge is 2.53. The Kier molecular flexibility index (Phi) is 5.53. The van der Waals surface area contributed by atoms with Crippen molar-refractivity contribution in [3.05, 3.63) is 35.9 Å². The molecule has 4 rings (SSSR count). The molecule has 27 heavy (non-hydrogen) atoms. The van der Waals surface area contributed by atoms with Gasteiger partial charge < -0.3 is 14.5 Å². The first-order chi connectivity index (χ1) is 13.1. The summed E-state index contributed by atoms with van der Waals surface area (Å²) in [4.78, 5) is 20.2. The minimum absolute atomic E-state index is 0.175. The van der Waals surface area contributed by atoms with Gasteiger partial charge in [-0.3, -0.25) is 9.69 Å². The summed E-state index contributed by atoms with van der Waals surface area (Å²) in [6.07, 6.45) is 1.78. The lowest BCUT2D eigenvalue weighted by Crippen LogP contribution is -2.44. The van der Waals surface area contributed by atoms with E-state index in [0.29, 0.717) is 11.8 Å². The number of hydrogen-bond donors (Lipinski definition) is 0. The molecule has 1 amide bonds. The number of likely N-dealkylation sites (tertiary alicyclic amines) is 2. The van der Waals surface area contributed by atoms with Gasteiger partial charge in [-0.25, -0.2) is 0 Å². The molecule has 0 unspecified atom stereocenters. The van der Waals surface area contributed by atoms with Crippen molar-refractivity contribution in [1.82, 2.24) is 14.7 Å². The van der Waals surface area contributed by atoms with Gasteiger partial charge in [0.2, 0.25) is 5.91 Å². The number of carbonyl (C=O) groups excluding carboxylic acids is 1. The summed E-state index contributed by atoms with van der Waals surface area (Å²) in [5.41, 5.74) is 1.59. The minimum atomic E-state index is 0.175. The molecule has 3 aliphatic rings. The molecule has 3 fully saturated rings. The summed E-state index contributed by atoms with van der Waals surface area (Å²) in [6.45, 7) is 7.57. The van der Waals surface area contributed by atoms with Crippen molar-refractivity contribution in [2.75, 3.05) is 60.0 Å². The second-order valence-corrected chi connectivity index (χ2v) is 9.06. The van der Waals surface area contributed by atoms with Crippen molar-refractivity contribution in [1.29, 1.82) is 0 Å². The number of carbonyl (C=O) groups is 1. The van der Waals surface area contributed by atoms with Crippen molar-refractivity contribution >= 4 is 5.91 Å². The second-order valence-electron chi connectivity index (χ2n) is 9.06. The van der Waals surface area contributed by atoms with Crippen LogP contribution in [0.15, 0.2) is 30.3 Å². The molecular formula is C22H33N3O2. The van der Waals surface area contributed by atoms with Crippen LogP contribution < -0.4 is 0 Å². The summed E-state index contributed by atoms with van der Waals surface area (Å²) in [7, 11) is 4.32. The molecule has 2 atom stereocenters. The number of nitrogens with zero attached hydrogens (tertiary/aromatic N) is 3. The fourth-order valence-electron chi connectivity index (χ4n) is 5.48. The van der Waals surface area contributed by atoms with E-state index in [2.05, 4.69) is 59.1 Å². The van der Waals surface area contributed by atoms with E-state index in [1.54, 1.807) is 0 Å². The van der Waals surface area contributed by atoms with E-state index < -0.39 is 0 Å². The molecule has 0 bridgehead atoms. The van der Waals surface area contributed by atoms with Gasteiger partial charge in [0.25, 0.3) is 0 Å². The third-order valence-corrected chi connectivity index (χ3v) is 6.59. The van der Waals surface area contributed by atoms with Crippen LogP contribution in [0.5, 0.6) is 0 Å². The van der Waals surface area contributed by atoms with E-state index >= 15 is 0 Å². The molecule has 0 N–H and O–H groups in total. The van der Waals surface area contributed by atoms with Crippen LogP contribution in [0.4, 0.5) is 0 Å². The van der Waals surface area contributed by atoms with Crippen molar-refractivity contribution in [3.8, 4) is 0 Å². The number of fused-ring (bicyclic) bond motifs is 1.